The number of aryl methyl sites for hydroxylation is 1. The van der Waals surface area contributed by atoms with Crippen LogP contribution < -0.4 is 5.32 Å². The van der Waals surface area contributed by atoms with Crippen LogP contribution in [0.4, 0.5) is 5.69 Å². The third-order valence-electron chi connectivity index (χ3n) is 3.85. The molecule has 1 unspecified atom stereocenters. The Morgan fingerprint density at radius 3 is 3.19 bits per heavy atom. The summed E-state index contributed by atoms with van der Waals surface area (Å²) in [6, 6.07) is 5.78. The minimum atomic E-state index is 0.290. The minimum Gasteiger partial charge on any atom is -0.507 e. The van der Waals surface area contributed by atoms with Crippen molar-refractivity contribution in [3.63, 3.8) is 0 Å². The van der Waals surface area contributed by atoms with E-state index in [-0.39, 0.29) is 0 Å². The van der Waals surface area contributed by atoms with Crippen LogP contribution in [0.25, 0.3) is 0 Å². The van der Waals surface area contributed by atoms with E-state index in [0.29, 0.717) is 18.4 Å². The molecule has 1 aromatic heterocycles. The number of ether oxygens (including phenoxy) is 1. The molecule has 2 aromatic rings. The molecule has 0 radical (unpaired) electrons. The quantitative estimate of drug-likeness (QED) is 0.887. The van der Waals surface area contributed by atoms with Gasteiger partial charge in [0.1, 0.15) is 5.75 Å². The van der Waals surface area contributed by atoms with Crippen LogP contribution in [0.5, 0.6) is 5.75 Å². The number of phenols is 1. The number of aromatic hydroxyl groups is 1. The summed E-state index contributed by atoms with van der Waals surface area (Å²) in [5.74, 6) is 0.358. The van der Waals surface area contributed by atoms with E-state index in [9.17, 15) is 5.11 Å². The number of rotatable bonds is 5. The molecular formula is C16H21N3O2. The van der Waals surface area contributed by atoms with Crippen molar-refractivity contribution in [2.24, 2.45) is 0 Å². The van der Waals surface area contributed by atoms with Gasteiger partial charge < -0.3 is 15.2 Å². The molecule has 1 aromatic carbocycles. The van der Waals surface area contributed by atoms with Crippen molar-refractivity contribution in [1.82, 2.24) is 9.78 Å². The average Bonchev–Trinajstić information content (AvgIpc) is 3.13. The van der Waals surface area contributed by atoms with Crippen LogP contribution in [0, 0.1) is 6.92 Å². The molecule has 2 N–H and O–H groups in total. The smallest absolute Gasteiger partial charge is 0.123 e. The van der Waals surface area contributed by atoms with Crippen LogP contribution in [-0.2, 0) is 17.8 Å². The summed E-state index contributed by atoms with van der Waals surface area (Å²) in [5.41, 5.74) is 2.74. The summed E-state index contributed by atoms with van der Waals surface area (Å²) >= 11 is 0. The van der Waals surface area contributed by atoms with Crippen LogP contribution in [0.2, 0.25) is 0 Å². The molecule has 0 amide bonds. The van der Waals surface area contributed by atoms with Crippen LogP contribution in [0.3, 0.4) is 0 Å². The average molecular weight is 287 g/mol. The van der Waals surface area contributed by atoms with Gasteiger partial charge in [-0.2, -0.15) is 5.10 Å². The van der Waals surface area contributed by atoms with Gasteiger partial charge in [0.05, 0.1) is 24.5 Å². The summed E-state index contributed by atoms with van der Waals surface area (Å²) in [7, 11) is 0. The molecule has 1 saturated heterocycles. The van der Waals surface area contributed by atoms with Gasteiger partial charge in [0, 0.05) is 24.9 Å². The standard InChI is InChI=1S/C16H21N3O2/c1-12-4-2-5-13(16(12)20)8-17-14-9-18-19(10-14)11-15-6-3-7-21-15/h2,4-5,9-10,15,17,20H,3,6-8,11H2,1H3. The Kier molecular flexibility index (Phi) is 4.10. The van der Waals surface area contributed by atoms with Crippen molar-refractivity contribution in [1.29, 1.82) is 0 Å². The van der Waals surface area contributed by atoms with E-state index in [2.05, 4.69) is 10.4 Å². The second kappa shape index (κ2) is 6.18. The highest BCUT2D eigenvalue weighted by molar-refractivity contribution is 5.44. The topological polar surface area (TPSA) is 59.3 Å². The van der Waals surface area contributed by atoms with Crippen LogP contribution in [0.15, 0.2) is 30.6 Å². The number of nitrogens with one attached hydrogen (secondary N) is 1. The van der Waals surface area contributed by atoms with Gasteiger partial charge in [-0.05, 0) is 25.3 Å². The summed E-state index contributed by atoms with van der Waals surface area (Å²) in [6.45, 7) is 4.15. The first-order chi connectivity index (χ1) is 10.2. The summed E-state index contributed by atoms with van der Waals surface area (Å²) < 4.78 is 7.52. The van der Waals surface area contributed by atoms with Crippen molar-refractivity contribution in [3.05, 3.63) is 41.7 Å². The maximum Gasteiger partial charge on any atom is 0.123 e. The van der Waals surface area contributed by atoms with Gasteiger partial charge >= 0.3 is 0 Å². The van der Waals surface area contributed by atoms with Gasteiger partial charge in [0.25, 0.3) is 0 Å². The predicted octanol–water partition coefficient (Wildman–Crippen LogP) is 2.69. The van der Waals surface area contributed by atoms with Gasteiger partial charge in [-0.15, -0.1) is 0 Å². The van der Waals surface area contributed by atoms with Gasteiger partial charge in [0.2, 0.25) is 0 Å². The second-order valence-corrected chi connectivity index (χ2v) is 5.52. The number of anilines is 1. The molecule has 1 atom stereocenters. The van der Waals surface area contributed by atoms with E-state index < -0.39 is 0 Å². The highest BCUT2D eigenvalue weighted by Gasteiger charge is 2.16. The summed E-state index contributed by atoms with van der Waals surface area (Å²) in [4.78, 5) is 0. The fourth-order valence-corrected chi connectivity index (χ4v) is 2.61. The highest BCUT2D eigenvalue weighted by atomic mass is 16.5. The normalized spacial score (nSPS) is 18.0. The number of para-hydroxylation sites is 1. The fourth-order valence-electron chi connectivity index (χ4n) is 2.61. The van der Waals surface area contributed by atoms with Gasteiger partial charge in [0.15, 0.2) is 0 Å². The number of aromatic nitrogens is 2. The van der Waals surface area contributed by atoms with Crippen molar-refractivity contribution >= 4 is 5.69 Å². The molecule has 5 nitrogen and oxygen atoms in total. The number of hydrogen-bond donors (Lipinski definition) is 2. The van der Waals surface area contributed by atoms with Crippen LogP contribution in [-0.4, -0.2) is 27.6 Å². The lowest BCUT2D eigenvalue weighted by Crippen LogP contribution is -2.15. The molecule has 0 saturated carbocycles. The third-order valence-corrected chi connectivity index (χ3v) is 3.85. The Morgan fingerprint density at radius 2 is 2.38 bits per heavy atom. The lowest BCUT2D eigenvalue weighted by atomic mass is 10.1. The Balaban J connectivity index is 1.58. The van der Waals surface area contributed by atoms with E-state index >= 15 is 0 Å². The molecule has 21 heavy (non-hydrogen) atoms. The number of hydrogen-bond acceptors (Lipinski definition) is 4. The maximum absolute atomic E-state index is 9.99. The molecule has 1 fully saturated rings. The van der Waals surface area contributed by atoms with E-state index in [0.717, 1.165) is 42.8 Å². The van der Waals surface area contributed by atoms with Gasteiger partial charge in [-0.3, -0.25) is 4.68 Å². The molecule has 2 heterocycles. The van der Waals surface area contributed by atoms with Gasteiger partial charge in [-0.25, -0.2) is 0 Å². The Labute approximate surface area is 124 Å². The van der Waals surface area contributed by atoms with E-state index in [1.165, 1.54) is 0 Å². The monoisotopic (exact) mass is 287 g/mol. The first kappa shape index (κ1) is 13.9. The zero-order valence-electron chi connectivity index (χ0n) is 12.2. The molecule has 0 spiro atoms. The Morgan fingerprint density at radius 1 is 1.48 bits per heavy atom. The van der Waals surface area contributed by atoms with Gasteiger partial charge in [-0.1, -0.05) is 18.2 Å². The first-order valence-corrected chi connectivity index (χ1v) is 7.38. The number of phenolic OH excluding ortho intramolecular Hbond substituents is 1. The predicted molar refractivity (Wildman–Crippen MR) is 81.4 cm³/mol. The lowest BCUT2D eigenvalue weighted by molar-refractivity contribution is 0.0940. The molecule has 3 rings (SSSR count). The molecule has 0 bridgehead atoms. The fraction of sp³-hybridized carbons (Fsp3) is 0.438. The highest BCUT2D eigenvalue weighted by Crippen LogP contribution is 2.22. The molecule has 1 aliphatic rings. The Hall–Kier alpha value is -2.01. The molecule has 5 heteroatoms. The Bertz CT molecular complexity index is 603. The van der Waals surface area contributed by atoms with E-state index in [4.69, 9.17) is 4.74 Å². The van der Waals surface area contributed by atoms with Crippen molar-refractivity contribution in [2.75, 3.05) is 11.9 Å². The first-order valence-electron chi connectivity index (χ1n) is 7.38. The molecular weight excluding hydrogens is 266 g/mol. The third kappa shape index (κ3) is 3.36. The number of benzene rings is 1. The summed E-state index contributed by atoms with van der Waals surface area (Å²) in [5, 5.41) is 17.6. The van der Waals surface area contributed by atoms with Crippen molar-refractivity contribution in [2.45, 2.75) is 39.0 Å². The van der Waals surface area contributed by atoms with E-state index in [1.807, 2.05) is 42.2 Å². The molecule has 112 valence electrons. The minimum absolute atomic E-state index is 0.290. The SMILES string of the molecule is Cc1cccc(CNc2cnn(CC3CCCO3)c2)c1O. The zero-order valence-corrected chi connectivity index (χ0v) is 12.2. The van der Waals surface area contributed by atoms with Crippen molar-refractivity contribution in [3.8, 4) is 5.75 Å². The zero-order chi connectivity index (χ0) is 14.7. The maximum atomic E-state index is 9.99. The second-order valence-electron chi connectivity index (χ2n) is 5.52. The largest absolute Gasteiger partial charge is 0.507 e. The number of nitrogens with zero attached hydrogens (tertiary/aromatic N) is 2. The molecule has 0 aliphatic carbocycles. The van der Waals surface area contributed by atoms with Crippen LogP contribution in [0.1, 0.15) is 24.0 Å². The van der Waals surface area contributed by atoms with Crippen molar-refractivity contribution < 1.29 is 9.84 Å². The summed E-state index contributed by atoms with van der Waals surface area (Å²) in [6.07, 6.45) is 6.33. The van der Waals surface area contributed by atoms with Crippen LogP contribution >= 0.6 is 0 Å². The lowest BCUT2D eigenvalue weighted by Gasteiger charge is -2.09. The van der Waals surface area contributed by atoms with E-state index in [1.54, 1.807) is 0 Å². The molecule has 1 aliphatic heterocycles.